The summed E-state index contributed by atoms with van der Waals surface area (Å²) in [7, 11) is 0. The highest BCUT2D eigenvalue weighted by molar-refractivity contribution is 6.21. The molecule has 1 aromatic carbocycles. The van der Waals surface area contributed by atoms with Crippen LogP contribution in [0.3, 0.4) is 0 Å². The molecule has 0 saturated heterocycles. The molecular formula is C10H6ClF5O. The van der Waals surface area contributed by atoms with Crippen LogP contribution in [0.5, 0.6) is 5.75 Å². The van der Waals surface area contributed by atoms with E-state index in [1.807, 2.05) is 0 Å². The van der Waals surface area contributed by atoms with Crippen LogP contribution in [0.15, 0.2) is 0 Å². The van der Waals surface area contributed by atoms with Crippen LogP contribution in [0.25, 0.3) is 0 Å². The van der Waals surface area contributed by atoms with Crippen molar-refractivity contribution >= 4 is 11.6 Å². The zero-order valence-corrected chi connectivity index (χ0v) is 9.00. The summed E-state index contributed by atoms with van der Waals surface area (Å²) in [6.45, 7) is 0. The molecule has 0 radical (unpaired) electrons. The molecular weight excluding hydrogens is 267 g/mol. The number of ether oxygens (including phenoxy) is 1. The molecule has 1 aliphatic carbocycles. The first-order valence-electron chi connectivity index (χ1n) is 4.74. The third-order valence-electron chi connectivity index (χ3n) is 2.49. The lowest BCUT2D eigenvalue weighted by Gasteiger charge is -2.31. The zero-order valence-electron chi connectivity index (χ0n) is 8.24. The minimum atomic E-state index is -2.20. The zero-order chi connectivity index (χ0) is 12.7. The molecule has 0 N–H and O–H groups in total. The second-order valence-corrected chi connectivity index (χ2v) is 4.32. The van der Waals surface area contributed by atoms with Crippen molar-refractivity contribution < 1.29 is 26.7 Å². The second kappa shape index (κ2) is 4.33. The Hall–Kier alpha value is -1.04. The van der Waals surface area contributed by atoms with Crippen molar-refractivity contribution in [3.63, 3.8) is 0 Å². The van der Waals surface area contributed by atoms with Gasteiger partial charge in [-0.05, 0) is 0 Å². The normalized spacial score (nSPS) is 23.4. The highest BCUT2D eigenvalue weighted by atomic mass is 35.5. The van der Waals surface area contributed by atoms with Crippen molar-refractivity contribution in [3.05, 3.63) is 29.1 Å². The summed E-state index contributed by atoms with van der Waals surface area (Å²) in [5.74, 6) is -11.4. The molecule has 1 saturated carbocycles. The Bertz CT molecular complexity index is 429. The van der Waals surface area contributed by atoms with Gasteiger partial charge in [-0.15, -0.1) is 11.6 Å². The predicted molar refractivity (Wildman–Crippen MR) is 49.5 cm³/mol. The number of hydrogen-bond acceptors (Lipinski definition) is 1. The molecule has 0 heterocycles. The number of benzene rings is 1. The van der Waals surface area contributed by atoms with Gasteiger partial charge in [0.1, 0.15) is 6.10 Å². The lowest BCUT2D eigenvalue weighted by molar-refractivity contribution is 0.109. The van der Waals surface area contributed by atoms with E-state index in [-0.39, 0.29) is 5.38 Å². The van der Waals surface area contributed by atoms with Gasteiger partial charge in [0.2, 0.25) is 29.1 Å². The molecule has 0 aliphatic heterocycles. The van der Waals surface area contributed by atoms with Crippen LogP contribution in [0.2, 0.25) is 0 Å². The Balaban J connectivity index is 2.33. The molecule has 2 rings (SSSR count). The molecule has 94 valence electrons. The Morgan fingerprint density at radius 2 is 1.24 bits per heavy atom. The van der Waals surface area contributed by atoms with Crippen LogP contribution in [0.4, 0.5) is 22.0 Å². The van der Waals surface area contributed by atoms with E-state index in [1.165, 1.54) is 0 Å². The molecule has 1 fully saturated rings. The van der Waals surface area contributed by atoms with E-state index in [9.17, 15) is 22.0 Å². The molecule has 17 heavy (non-hydrogen) atoms. The van der Waals surface area contributed by atoms with Crippen LogP contribution in [-0.2, 0) is 0 Å². The highest BCUT2D eigenvalue weighted by Crippen LogP contribution is 2.34. The third kappa shape index (κ3) is 2.06. The van der Waals surface area contributed by atoms with Gasteiger partial charge in [-0.2, -0.15) is 8.78 Å². The monoisotopic (exact) mass is 272 g/mol. The van der Waals surface area contributed by atoms with Crippen molar-refractivity contribution in [3.8, 4) is 5.75 Å². The maximum atomic E-state index is 13.1. The smallest absolute Gasteiger partial charge is 0.207 e. The fraction of sp³-hybridized carbons (Fsp3) is 0.400. The summed E-state index contributed by atoms with van der Waals surface area (Å²) in [5, 5.41) is -0.193. The summed E-state index contributed by atoms with van der Waals surface area (Å²) < 4.78 is 69.3. The minimum absolute atomic E-state index is 0.193. The molecule has 0 unspecified atom stereocenters. The molecule has 0 bridgehead atoms. The standard InChI is InChI=1S/C10H6ClF5O/c11-3-1-4(2-3)17-10-8(15)6(13)5(12)7(14)9(10)16/h3-4H,1-2H2. The van der Waals surface area contributed by atoms with Crippen molar-refractivity contribution in [1.29, 1.82) is 0 Å². The third-order valence-corrected chi connectivity index (χ3v) is 2.85. The number of hydrogen-bond donors (Lipinski definition) is 0. The minimum Gasteiger partial charge on any atom is -0.484 e. The van der Waals surface area contributed by atoms with Crippen LogP contribution in [0, 0.1) is 29.1 Å². The largest absolute Gasteiger partial charge is 0.484 e. The second-order valence-electron chi connectivity index (χ2n) is 3.71. The van der Waals surface area contributed by atoms with E-state index in [0.29, 0.717) is 12.8 Å². The average molecular weight is 273 g/mol. The van der Waals surface area contributed by atoms with Gasteiger partial charge in [0, 0.05) is 18.2 Å². The topological polar surface area (TPSA) is 9.23 Å². The molecule has 0 atom stereocenters. The molecule has 7 heteroatoms. The summed E-state index contributed by atoms with van der Waals surface area (Å²) in [5.41, 5.74) is 0. The van der Waals surface area contributed by atoms with Gasteiger partial charge in [0.15, 0.2) is 5.75 Å². The maximum Gasteiger partial charge on any atom is 0.207 e. The van der Waals surface area contributed by atoms with E-state index in [1.54, 1.807) is 0 Å². The summed E-state index contributed by atoms with van der Waals surface area (Å²) in [6, 6.07) is 0. The van der Waals surface area contributed by atoms with Gasteiger partial charge in [-0.3, -0.25) is 0 Å². The predicted octanol–water partition coefficient (Wildman–Crippen LogP) is 3.53. The molecule has 1 aromatic rings. The Morgan fingerprint density at radius 3 is 1.65 bits per heavy atom. The van der Waals surface area contributed by atoms with Gasteiger partial charge >= 0.3 is 0 Å². The quantitative estimate of drug-likeness (QED) is 0.346. The van der Waals surface area contributed by atoms with Gasteiger partial charge in [0.25, 0.3) is 0 Å². The van der Waals surface area contributed by atoms with Crippen LogP contribution in [-0.4, -0.2) is 11.5 Å². The lowest BCUT2D eigenvalue weighted by atomic mass is 9.95. The fourth-order valence-electron chi connectivity index (χ4n) is 1.45. The van der Waals surface area contributed by atoms with Gasteiger partial charge in [-0.25, -0.2) is 13.2 Å². The molecule has 0 aromatic heterocycles. The van der Waals surface area contributed by atoms with E-state index >= 15 is 0 Å². The summed E-state index contributed by atoms with van der Waals surface area (Å²) in [4.78, 5) is 0. The van der Waals surface area contributed by atoms with Crippen molar-refractivity contribution in [1.82, 2.24) is 0 Å². The number of halogens is 6. The Kier molecular flexibility index (Phi) is 3.16. The summed E-state index contributed by atoms with van der Waals surface area (Å²) >= 11 is 5.60. The summed E-state index contributed by atoms with van der Waals surface area (Å²) in [6.07, 6.45) is -0.00647. The Morgan fingerprint density at radius 1 is 0.824 bits per heavy atom. The first-order chi connectivity index (χ1) is 7.91. The highest BCUT2D eigenvalue weighted by Gasteiger charge is 2.33. The average Bonchev–Trinajstić information content (AvgIpc) is 2.27. The van der Waals surface area contributed by atoms with Crippen molar-refractivity contribution in [2.45, 2.75) is 24.3 Å². The maximum absolute atomic E-state index is 13.1. The van der Waals surface area contributed by atoms with Crippen molar-refractivity contribution in [2.75, 3.05) is 0 Å². The number of rotatable bonds is 2. The number of alkyl halides is 1. The van der Waals surface area contributed by atoms with Gasteiger partial charge < -0.3 is 4.74 Å². The molecule has 1 aliphatic rings. The SMILES string of the molecule is Fc1c(F)c(F)c(OC2CC(Cl)C2)c(F)c1F. The van der Waals surface area contributed by atoms with E-state index in [4.69, 9.17) is 16.3 Å². The van der Waals surface area contributed by atoms with E-state index < -0.39 is 40.9 Å². The van der Waals surface area contributed by atoms with Crippen LogP contribution < -0.4 is 4.74 Å². The van der Waals surface area contributed by atoms with Gasteiger partial charge in [0.05, 0.1) is 0 Å². The van der Waals surface area contributed by atoms with E-state index in [0.717, 1.165) is 0 Å². The van der Waals surface area contributed by atoms with Gasteiger partial charge in [-0.1, -0.05) is 0 Å². The Labute approximate surface area is 98.1 Å². The van der Waals surface area contributed by atoms with Crippen LogP contribution >= 0.6 is 11.6 Å². The first kappa shape index (κ1) is 12.4. The first-order valence-corrected chi connectivity index (χ1v) is 5.17. The molecule has 0 spiro atoms. The van der Waals surface area contributed by atoms with Crippen molar-refractivity contribution in [2.24, 2.45) is 0 Å². The molecule has 1 nitrogen and oxygen atoms in total. The van der Waals surface area contributed by atoms with E-state index in [2.05, 4.69) is 0 Å². The fourth-order valence-corrected chi connectivity index (χ4v) is 1.85. The lowest BCUT2D eigenvalue weighted by Crippen LogP contribution is -2.35. The molecule has 0 amide bonds. The van der Waals surface area contributed by atoms with Crippen LogP contribution in [0.1, 0.15) is 12.8 Å².